The van der Waals surface area contributed by atoms with Crippen LogP contribution in [-0.2, 0) is 11.3 Å². The minimum Gasteiger partial charge on any atom is -0.379 e. The fourth-order valence-corrected chi connectivity index (χ4v) is 1.72. The Morgan fingerprint density at radius 3 is 2.56 bits per heavy atom. The van der Waals surface area contributed by atoms with Crippen LogP contribution in [0.5, 0.6) is 0 Å². The Bertz CT molecular complexity index is 284. The molecule has 0 saturated carbocycles. The molecule has 4 heteroatoms. The van der Waals surface area contributed by atoms with Gasteiger partial charge < -0.3 is 4.74 Å². The monoisotopic (exact) mass is 286 g/mol. The van der Waals surface area contributed by atoms with Crippen molar-refractivity contribution < 1.29 is 4.74 Å². The van der Waals surface area contributed by atoms with Gasteiger partial charge in [0.05, 0.1) is 18.9 Å². The van der Waals surface area contributed by atoms with Crippen LogP contribution in [0.2, 0.25) is 0 Å². The van der Waals surface area contributed by atoms with Gasteiger partial charge in [0.25, 0.3) is 0 Å². The van der Waals surface area contributed by atoms with Gasteiger partial charge in [0.2, 0.25) is 0 Å². The molecule has 16 heavy (non-hydrogen) atoms. The van der Waals surface area contributed by atoms with Crippen molar-refractivity contribution in [3.8, 4) is 0 Å². The molecule has 0 atom stereocenters. The highest BCUT2D eigenvalue weighted by Crippen LogP contribution is 2.09. The lowest BCUT2D eigenvalue weighted by Crippen LogP contribution is -2.35. The summed E-state index contributed by atoms with van der Waals surface area (Å²) in [6, 6.07) is 4.09. The first-order chi connectivity index (χ1) is 7.84. The van der Waals surface area contributed by atoms with E-state index in [1.165, 1.54) is 0 Å². The molecular formula is C12H19BrN2O. The molecule has 2 rings (SSSR count). The van der Waals surface area contributed by atoms with Gasteiger partial charge in [-0.2, -0.15) is 0 Å². The van der Waals surface area contributed by atoms with E-state index in [9.17, 15) is 0 Å². The van der Waals surface area contributed by atoms with Crippen molar-refractivity contribution in [2.45, 2.75) is 20.4 Å². The molecule has 2 heterocycles. The molecular weight excluding hydrogens is 268 g/mol. The van der Waals surface area contributed by atoms with E-state index in [4.69, 9.17) is 4.74 Å². The normalized spacial score (nSPS) is 16.4. The van der Waals surface area contributed by atoms with Gasteiger partial charge in [-0.15, -0.1) is 0 Å². The van der Waals surface area contributed by atoms with Crippen LogP contribution in [0.4, 0.5) is 0 Å². The third kappa shape index (κ3) is 4.60. The van der Waals surface area contributed by atoms with Crippen LogP contribution < -0.4 is 0 Å². The smallest absolute Gasteiger partial charge is 0.0594 e. The number of nitrogens with zero attached hydrogens (tertiary/aromatic N) is 2. The molecule has 1 aromatic rings. The van der Waals surface area contributed by atoms with Crippen molar-refractivity contribution in [3.63, 3.8) is 0 Å². The highest BCUT2D eigenvalue weighted by Gasteiger charge is 2.10. The first-order valence-electron chi connectivity index (χ1n) is 5.75. The lowest BCUT2D eigenvalue weighted by molar-refractivity contribution is 0.0336. The largest absolute Gasteiger partial charge is 0.379 e. The third-order valence-corrected chi connectivity index (χ3v) is 2.75. The van der Waals surface area contributed by atoms with E-state index in [-0.39, 0.29) is 0 Å². The van der Waals surface area contributed by atoms with Gasteiger partial charge in [-0.25, -0.2) is 0 Å². The van der Waals surface area contributed by atoms with Crippen molar-refractivity contribution in [1.29, 1.82) is 0 Å². The molecule has 1 aromatic heterocycles. The van der Waals surface area contributed by atoms with E-state index in [2.05, 4.69) is 31.9 Å². The molecule has 1 saturated heterocycles. The summed E-state index contributed by atoms with van der Waals surface area (Å²) in [5.41, 5.74) is 1.12. The van der Waals surface area contributed by atoms with Crippen LogP contribution in [0, 0.1) is 0 Å². The Morgan fingerprint density at radius 2 is 2.00 bits per heavy atom. The fourth-order valence-electron chi connectivity index (χ4n) is 1.49. The summed E-state index contributed by atoms with van der Waals surface area (Å²) in [5, 5.41) is 0. The summed E-state index contributed by atoms with van der Waals surface area (Å²) in [6.07, 6.45) is 1.84. The number of ether oxygens (including phenoxy) is 1. The Kier molecular flexibility index (Phi) is 6.61. The van der Waals surface area contributed by atoms with Gasteiger partial charge in [-0.1, -0.05) is 13.8 Å². The van der Waals surface area contributed by atoms with Crippen LogP contribution in [0.1, 0.15) is 19.5 Å². The Morgan fingerprint density at radius 1 is 1.31 bits per heavy atom. The number of morpholine rings is 1. The van der Waals surface area contributed by atoms with Gasteiger partial charge in [0.1, 0.15) is 0 Å². The zero-order valence-corrected chi connectivity index (χ0v) is 11.5. The Labute approximate surface area is 106 Å². The number of pyridine rings is 1. The van der Waals surface area contributed by atoms with E-state index < -0.39 is 0 Å². The highest BCUT2D eigenvalue weighted by atomic mass is 79.9. The van der Waals surface area contributed by atoms with Crippen LogP contribution in [0.3, 0.4) is 0 Å². The molecule has 90 valence electrons. The van der Waals surface area contributed by atoms with Crippen molar-refractivity contribution in [3.05, 3.63) is 28.5 Å². The molecule has 0 spiro atoms. The van der Waals surface area contributed by atoms with Crippen LogP contribution in [-0.4, -0.2) is 36.2 Å². The minimum atomic E-state index is 0.844. The molecule has 0 N–H and O–H groups in total. The molecule has 0 aliphatic carbocycles. The zero-order chi connectivity index (χ0) is 11.8. The predicted octanol–water partition coefficient (Wildman–Crippen LogP) is 2.70. The average molecular weight is 287 g/mol. The number of hydrogen-bond acceptors (Lipinski definition) is 3. The molecule has 1 fully saturated rings. The lowest BCUT2D eigenvalue weighted by Gasteiger charge is -2.26. The summed E-state index contributed by atoms with van der Waals surface area (Å²) in [5.74, 6) is 0. The minimum absolute atomic E-state index is 0.844. The quantitative estimate of drug-likeness (QED) is 0.836. The van der Waals surface area contributed by atoms with Crippen molar-refractivity contribution in [2.24, 2.45) is 0 Å². The third-order valence-electron chi connectivity index (χ3n) is 2.28. The van der Waals surface area contributed by atoms with Gasteiger partial charge in [-0.3, -0.25) is 9.88 Å². The highest BCUT2D eigenvalue weighted by molar-refractivity contribution is 9.10. The Hall–Kier alpha value is -0.450. The van der Waals surface area contributed by atoms with Crippen molar-refractivity contribution in [2.75, 3.05) is 26.3 Å². The van der Waals surface area contributed by atoms with E-state index >= 15 is 0 Å². The van der Waals surface area contributed by atoms with Gasteiger partial charge >= 0.3 is 0 Å². The fraction of sp³-hybridized carbons (Fsp3) is 0.583. The van der Waals surface area contributed by atoms with Crippen LogP contribution in [0.15, 0.2) is 22.8 Å². The predicted molar refractivity (Wildman–Crippen MR) is 69.4 cm³/mol. The summed E-state index contributed by atoms with van der Waals surface area (Å²) < 4.78 is 6.32. The summed E-state index contributed by atoms with van der Waals surface area (Å²) in [4.78, 5) is 6.70. The Balaban J connectivity index is 0.000000606. The lowest BCUT2D eigenvalue weighted by atomic mass is 10.3. The molecule has 1 aliphatic heterocycles. The molecule has 3 nitrogen and oxygen atoms in total. The second-order valence-corrected chi connectivity index (χ2v) is 4.27. The molecule has 0 bridgehead atoms. The molecule has 0 radical (unpaired) electrons. The van der Waals surface area contributed by atoms with Gasteiger partial charge in [0.15, 0.2) is 0 Å². The first-order valence-corrected chi connectivity index (χ1v) is 6.54. The topological polar surface area (TPSA) is 25.4 Å². The molecule has 0 unspecified atom stereocenters. The number of hydrogen-bond donors (Lipinski definition) is 0. The molecule has 1 aliphatic rings. The van der Waals surface area contributed by atoms with Gasteiger partial charge in [0, 0.05) is 30.3 Å². The molecule has 0 amide bonds. The number of aromatic nitrogens is 1. The second-order valence-electron chi connectivity index (χ2n) is 3.36. The van der Waals surface area contributed by atoms with Crippen molar-refractivity contribution in [1.82, 2.24) is 9.88 Å². The standard InChI is InChI=1S/C10H13BrN2O.C2H6/c11-9-1-2-10(12-7-9)8-13-3-5-14-6-4-13;1-2/h1-2,7H,3-6,8H2;1-2H3. The maximum absolute atomic E-state index is 5.29. The summed E-state index contributed by atoms with van der Waals surface area (Å²) in [6.45, 7) is 8.64. The van der Waals surface area contributed by atoms with Crippen LogP contribution in [0.25, 0.3) is 0 Å². The summed E-state index contributed by atoms with van der Waals surface area (Å²) >= 11 is 3.37. The second kappa shape index (κ2) is 7.76. The maximum atomic E-state index is 5.29. The van der Waals surface area contributed by atoms with E-state index in [0.717, 1.165) is 43.0 Å². The van der Waals surface area contributed by atoms with Crippen molar-refractivity contribution >= 4 is 15.9 Å². The molecule has 0 aromatic carbocycles. The maximum Gasteiger partial charge on any atom is 0.0594 e. The number of rotatable bonds is 2. The van der Waals surface area contributed by atoms with Gasteiger partial charge in [-0.05, 0) is 28.1 Å². The van der Waals surface area contributed by atoms with E-state index in [0.29, 0.717) is 0 Å². The summed E-state index contributed by atoms with van der Waals surface area (Å²) in [7, 11) is 0. The average Bonchev–Trinajstić information content (AvgIpc) is 2.36. The van der Waals surface area contributed by atoms with E-state index in [1.807, 2.05) is 26.1 Å². The first kappa shape index (κ1) is 13.6. The van der Waals surface area contributed by atoms with Crippen LogP contribution >= 0.6 is 15.9 Å². The number of halogens is 1. The van der Waals surface area contributed by atoms with E-state index in [1.54, 1.807) is 0 Å². The SMILES string of the molecule is Brc1ccc(CN2CCOCC2)nc1.CC. The zero-order valence-electron chi connectivity index (χ0n) is 9.95.